The van der Waals surface area contributed by atoms with Crippen LogP contribution in [-0.2, 0) is 76.0 Å². The number of ether oxygens (including phenoxy) is 13. The van der Waals surface area contributed by atoms with E-state index in [0.717, 1.165) is 59.8 Å². The molecule has 0 radical (unpaired) electrons. The third-order valence-electron chi connectivity index (χ3n) is 17.6. The lowest BCUT2D eigenvalue weighted by Crippen LogP contribution is -2.72. The first-order valence-corrected chi connectivity index (χ1v) is 33.0. The summed E-state index contributed by atoms with van der Waals surface area (Å²) in [5, 5.41) is 158. The summed E-state index contributed by atoms with van der Waals surface area (Å²) in [5.41, 5.74) is 0.0342. The van der Waals surface area contributed by atoms with E-state index in [1.54, 1.807) is 12.1 Å². The molecule has 0 saturated carbocycles. The molecule has 18 N–H and O–H groups in total. The van der Waals surface area contributed by atoms with Gasteiger partial charge in [0.1, 0.15) is 146 Å². The quantitative estimate of drug-likeness (QED) is 0.0251. The molecule has 0 bridgehead atoms. The van der Waals surface area contributed by atoms with Gasteiger partial charge in [0.15, 0.2) is 37.7 Å². The standard InChI is InChI=1S/C63H99N5O31/c1-8-9-10-11-12-13-14-15-16-20-88-33-19-17-18-32(21-33)57(85)68-40-46(79)45(78)34(22-69)92-59(40)96-52-35(23-70)93-60(41(48(52)81)65-29(4)74)97-53-36(24-71)94-61(42(49(53)82)66-30(5)75)98-54-37(25-72)95-62(43(50(54)83)67-31(6)76)99-55-38(91-58(86)39(47(55)80)64-28(3)73)26-89-63-56(87-7)51(84)44(77)27(2)90-63/h17-19,21,27,34-56,58-63,69-72,77-84,86H,8-12,15-16,20,22-26H2,1-7H3,(H,64,73)(H,65,74)(H,66,75)(H,67,76)(H,68,85)/t27?,34?,35-,36?,37-,38?,39-,40-,41?,42-,43?,44?,45+,46-,47-,48?,49-,50?,51-,52-,53?,54-,55?,56+,58?,59?,60?,61+,62?,63+/m1/s1. The highest BCUT2D eigenvalue weighted by molar-refractivity contribution is 5.94. The zero-order valence-electron chi connectivity index (χ0n) is 56.0. The zero-order chi connectivity index (χ0) is 72.5. The molecule has 0 aliphatic carbocycles. The van der Waals surface area contributed by atoms with Gasteiger partial charge >= 0.3 is 0 Å². The smallest absolute Gasteiger partial charge is 0.251 e. The minimum atomic E-state index is -2.07. The van der Waals surface area contributed by atoms with Gasteiger partial charge in [-0.1, -0.05) is 32.3 Å². The SMILES string of the molecule is CCCCCCC#CCCCOc1cccc(C(=O)N[C@H]2C(O[C@H]3C(O)C(NC(C)=O)C(OC4C(CO)O[C@@H](O[C@H]5C(O)C(NC(C)=O)C(OC6C(CO[C@H]7OC(C)C(O)[C@@H](O)[C@@H]7OC)OC(O)[C@H](NC(C)=O)[C@H]6O)O[C@@H]5CO)[C@H](NC(C)=O)[C@H]4O)O[C@@H]3CO)OC(CO)[C@H](O)[C@@H]2O)c1. The Balaban J connectivity index is 1.07. The average molecular weight is 1420 g/mol. The van der Waals surface area contributed by atoms with Crippen LogP contribution in [0.3, 0.4) is 0 Å². The molecule has 36 nitrogen and oxygen atoms in total. The number of amides is 5. The molecule has 30 atom stereocenters. The molecule has 36 heteroatoms. The second-order valence-electron chi connectivity index (χ2n) is 25.1. The van der Waals surface area contributed by atoms with Crippen LogP contribution in [0.15, 0.2) is 24.3 Å². The van der Waals surface area contributed by atoms with Crippen molar-refractivity contribution in [2.75, 3.05) is 46.8 Å². The fraction of sp³-hybridized carbons (Fsp3) is 0.794. The largest absolute Gasteiger partial charge is 0.494 e. The third kappa shape index (κ3) is 20.9. The number of nitrogens with one attached hydrogen (secondary N) is 5. The summed E-state index contributed by atoms with van der Waals surface area (Å²) in [4.78, 5) is 65.1. The maximum absolute atomic E-state index is 13.9. The summed E-state index contributed by atoms with van der Waals surface area (Å²) in [6.45, 7) is 3.43. The Morgan fingerprint density at radius 2 is 0.899 bits per heavy atom. The van der Waals surface area contributed by atoms with Crippen molar-refractivity contribution in [3.05, 3.63) is 29.8 Å². The van der Waals surface area contributed by atoms with Crippen molar-refractivity contribution in [3.63, 3.8) is 0 Å². The predicted octanol–water partition coefficient (Wildman–Crippen LogP) is -7.27. The van der Waals surface area contributed by atoms with Crippen LogP contribution in [0, 0.1) is 11.8 Å². The van der Waals surface area contributed by atoms with Gasteiger partial charge in [-0.15, -0.1) is 11.8 Å². The highest BCUT2D eigenvalue weighted by Crippen LogP contribution is 2.37. The van der Waals surface area contributed by atoms with Crippen LogP contribution >= 0.6 is 0 Å². The third-order valence-corrected chi connectivity index (χ3v) is 17.6. The summed E-state index contributed by atoms with van der Waals surface area (Å²) in [7, 11) is 1.21. The number of carbonyl (C=O) groups is 5. The van der Waals surface area contributed by atoms with Crippen LogP contribution < -0.4 is 31.3 Å². The van der Waals surface area contributed by atoms with E-state index in [0.29, 0.717) is 18.6 Å². The molecule has 99 heavy (non-hydrogen) atoms. The first-order chi connectivity index (χ1) is 47.2. The first kappa shape index (κ1) is 81.2. The number of carbonyl (C=O) groups excluding carboxylic acids is 5. The van der Waals surface area contributed by atoms with Crippen molar-refractivity contribution in [2.24, 2.45) is 0 Å². The summed E-state index contributed by atoms with van der Waals surface area (Å²) < 4.78 is 77.9. The van der Waals surface area contributed by atoms with Gasteiger partial charge in [0.2, 0.25) is 23.6 Å². The Morgan fingerprint density at radius 1 is 0.465 bits per heavy atom. The Hall–Kier alpha value is -5.07. The van der Waals surface area contributed by atoms with Crippen molar-refractivity contribution in [3.8, 4) is 17.6 Å². The van der Waals surface area contributed by atoms with E-state index < -0.39 is 246 Å². The molecular formula is C63H99N5O31. The molecular weight excluding hydrogens is 1320 g/mol. The summed E-state index contributed by atoms with van der Waals surface area (Å²) in [6, 6.07) is -2.53. The van der Waals surface area contributed by atoms with Gasteiger partial charge < -0.3 is 155 Å². The van der Waals surface area contributed by atoms with Gasteiger partial charge in [0, 0.05) is 53.2 Å². The number of unbranched alkanes of at least 4 members (excludes halogenated alkanes) is 5. The molecule has 0 aromatic heterocycles. The molecule has 562 valence electrons. The van der Waals surface area contributed by atoms with E-state index in [1.807, 2.05) is 0 Å². The summed E-state index contributed by atoms with van der Waals surface area (Å²) in [6.07, 6.45) is -37.0. The van der Waals surface area contributed by atoms with Crippen LogP contribution in [0.25, 0.3) is 0 Å². The van der Waals surface area contributed by atoms with E-state index in [9.17, 15) is 90.4 Å². The minimum Gasteiger partial charge on any atom is -0.494 e. The van der Waals surface area contributed by atoms with E-state index in [4.69, 9.17) is 61.6 Å². The lowest BCUT2D eigenvalue weighted by molar-refractivity contribution is -0.368. The van der Waals surface area contributed by atoms with E-state index >= 15 is 0 Å². The van der Waals surface area contributed by atoms with Crippen molar-refractivity contribution >= 4 is 29.5 Å². The zero-order valence-corrected chi connectivity index (χ0v) is 56.0. The fourth-order valence-corrected chi connectivity index (χ4v) is 12.5. The number of methoxy groups -OCH3 is 1. The monoisotopic (exact) mass is 1420 g/mol. The molecule has 7 rings (SSSR count). The molecule has 0 spiro atoms. The predicted molar refractivity (Wildman–Crippen MR) is 332 cm³/mol. The lowest BCUT2D eigenvalue weighted by Gasteiger charge is -2.51. The van der Waals surface area contributed by atoms with Crippen LogP contribution in [0.2, 0.25) is 0 Å². The van der Waals surface area contributed by atoms with Crippen LogP contribution in [0.5, 0.6) is 5.75 Å². The number of aliphatic hydroxyl groups excluding tert-OH is 13. The Labute approximate surface area is 571 Å². The molecule has 6 saturated heterocycles. The van der Waals surface area contributed by atoms with E-state index in [1.165, 1.54) is 26.2 Å². The van der Waals surface area contributed by atoms with E-state index in [2.05, 4.69) is 45.3 Å². The molecule has 6 heterocycles. The minimum absolute atomic E-state index is 0.0342. The fourth-order valence-electron chi connectivity index (χ4n) is 12.5. The highest BCUT2D eigenvalue weighted by atomic mass is 16.8. The second-order valence-corrected chi connectivity index (χ2v) is 25.1. The van der Waals surface area contributed by atoms with Gasteiger partial charge in [-0.2, -0.15) is 0 Å². The van der Waals surface area contributed by atoms with Crippen LogP contribution in [-0.4, -0.2) is 327 Å². The summed E-state index contributed by atoms with van der Waals surface area (Å²) in [5.74, 6) is 2.59. The second kappa shape index (κ2) is 38.4. The Kier molecular flexibility index (Phi) is 31.5. The molecule has 1 aromatic carbocycles. The normalized spacial score (nSPS) is 39.4. The molecule has 1 aromatic rings. The Morgan fingerprint density at radius 3 is 1.35 bits per heavy atom. The lowest BCUT2D eigenvalue weighted by atomic mass is 9.93. The molecule has 6 fully saturated rings. The number of benzene rings is 1. The van der Waals surface area contributed by atoms with Gasteiger partial charge in [-0.25, -0.2) is 0 Å². The molecule has 6 aliphatic heterocycles. The number of hydrogen-bond acceptors (Lipinski definition) is 31. The average Bonchev–Trinajstić information content (AvgIpc) is 0.771. The van der Waals surface area contributed by atoms with Gasteiger partial charge in [-0.3, -0.25) is 24.0 Å². The first-order valence-electron chi connectivity index (χ1n) is 33.0. The van der Waals surface area contributed by atoms with Gasteiger partial charge in [0.05, 0.1) is 45.7 Å². The Bertz CT molecular complexity index is 2790. The number of aliphatic hydroxyl groups is 13. The van der Waals surface area contributed by atoms with Crippen LogP contribution in [0.4, 0.5) is 0 Å². The molecule has 6 aliphatic rings. The maximum Gasteiger partial charge on any atom is 0.251 e. The van der Waals surface area contributed by atoms with Gasteiger partial charge in [0.25, 0.3) is 5.91 Å². The highest BCUT2D eigenvalue weighted by Gasteiger charge is 2.58. The van der Waals surface area contributed by atoms with Crippen molar-refractivity contribution in [1.82, 2.24) is 26.6 Å². The topological polar surface area (TPSA) is 528 Å². The maximum atomic E-state index is 13.9. The molecule has 5 amide bonds. The van der Waals surface area contributed by atoms with Crippen molar-refractivity contribution in [1.29, 1.82) is 0 Å². The van der Waals surface area contributed by atoms with Crippen LogP contribution in [0.1, 0.15) is 96.8 Å². The summed E-state index contributed by atoms with van der Waals surface area (Å²) >= 11 is 0. The number of rotatable bonds is 30. The van der Waals surface area contributed by atoms with Crippen molar-refractivity contribution in [2.45, 2.75) is 270 Å². The molecule has 15 unspecified atom stereocenters. The van der Waals surface area contributed by atoms with Gasteiger partial charge in [-0.05, 0) is 38.0 Å². The van der Waals surface area contributed by atoms with Crippen molar-refractivity contribution < 1.29 is 152 Å². The number of hydrogen-bond donors (Lipinski definition) is 18. The van der Waals surface area contributed by atoms with E-state index in [-0.39, 0.29) is 12.2 Å².